The predicted octanol–water partition coefficient (Wildman–Crippen LogP) is 7.11. The molecule has 0 N–H and O–H groups in total. The maximum atomic E-state index is 6.06. The van der Waals surface area contributed by atoms with E-state index < -0.39 is 0 Å². The number of thioether (sulfide) groups is 1. The van der Waals surface area contributed by atoms with Crippen LogP contribution < -0.4 is 0 Å². The topological polar surface area (TPSA) is 52.1 Å². The highest BCUT2D eigenvalue weighted by molar-refractivity contribution is 7.99. The van der Waals surface area contributed by atoms with Crippen molar-refractivity contribution >= 4 is 34.0 Å². The molecular weight excluding hydrogens is 368 g/mol. The average molecular weight is 395 g/mol. The van der Waals surface area contributed by atoms with E-state index in [4.69, 9.17) is 13.8 Å². The lowest BCUT2D eigenvalue weighted by Gasteiger charge is -2.06. The summed E-state index contributed by atoms with van der Waals surface area (Å²) >= 11 is 1.79. The number of aromatic nitrogens is 2. The van der Waals surface area contributed by atoms with Crippen molar-refractivity contribution in [1.82, 2.24) is 9.97 Å². The summed E-state index contributed by atoms with van der Waals surface area (Å²) < 4.78 is 11.9. The molecule has 0 saturated carbocycles. The standard InChI is InChI=1S/C23H26N2O2S/c1-13(2)16-6-8-18-21(10-16)27-23(24-18)15(5)12-28-17-7-9-20-19(11-17)25-22(26-20)14(3)4/h6-11,13-15H,12H2,1-5H3. The van der Waals surface area contributed by atoms with Crippen molar-refractivity contribution in [1.29, 1.82) is 0 Å². The molecule has 0 aliphatic rings. The normalized spacial score (nSPS) is 13.2. The molecule has 4 rings (SSSR count). The number of hydrogen-bond acceptors (Lipinski definition) is 5. The van der Waals surface area contributed by atoms with Crippen molar-refractivity contribution in [3.63, 3.8) is 0 Å². The van der Waals surface area contributed by atoms with Gasteiger partial charge in [-0.2, -0.15) is 0 Å². The molecule has 1 atom stereocenters. The molecule has 0 radical (unpaired) electrons. The van der Waals surface area contributed by atoms with E-state index in [1.165, 1.54) is 10.5 Å². The van der Waals surface area contributed by atoms with Crippen LogP contribution in [0, 0.1) is 0 Å². The number of hydrogen-bond donors (Lipinski definition) is 0. The van der Waals surface area contributed by atoms with Gasteiger partial charge in [-0.3, -0.25) is 0 Å². The van der Waals surface area contributed by atoms with Gasteiger partial charge in [-0.25, -0.2) is 9.97 Å². The number of nitrogens with zero attached hydrogens (tertiary/aromatic N) is 2. The monoisotopic (exact) mass is 394 g/mol. The average Bonchev–Trinajstić information content (AvgIpc) is 3.28. The first-order chi connectivity index (χ1) is 13.4. The second-order valence-corrected chi connectivity index (χ2v) is 9.08. The number of rotatable bonds is 6. The molecule has 1 unspecified atom stereocenters. The van der Waals surface area contributed by atoms with E-state index in [-0.39, 0.29) is 5.92 Å². The van der Waals surface area contributed by atoms with Gasteiger partial charge in [0.25, 0.3) is 0 Å². The van der Waals surface area contributed by atoms with Gasteiger partial charge >= 0.3 is 0 Å². The second kappa shape index (κ2) is 7.63. The summed E-state index contributed by atoms with van der Waals surface area (Å²) in [5.41, 5.74) is 4.86. The summed E-state index contributed by atoms with van der Waals surface area (Å²) in [6.07, 6.45) is 0. The number of benzene rings is 2. The van der Waals surface area contributed by atoms with Crippen LogP contribution in [-0.4, -0.2) is 15.7 Å². The van der Waals surface area contributed by atoms with Crippen LogP contribution in [0.2, 0.25) is 0 Å². The zero-order valence-electron chi connectivity index (χ0n) is 17.0. The van der Waals surface area contributed by atoms with E-state index >= 15 is 0 Å². The fourth-order valence-electron chi connectivity index (χ4n) is 3.08. The first kappa shape index (κ1) is 19.1. The fourth-order valence-corrected chi connectivity index (χ4v) is 4.03. The minimum Gasteiger partial charge on any atom is -0.440 e. The Kier molecular flexibility index (Phi) is 5.19. The molecule has 2 heterocycles. The van der Waals surface area contributed by atoms with E-state index in [0.717, 1.165) is 39.7 Å². The smallest absolute Gasteiger partial charge is 0.199 e. The van der Waals surface area contributed by atoms with Gasteiger partial charge in [-0.05, 0) is 41.8 Å². The Bertz CT molecular complexity index is 1110. The van der Waals surface area contributed by atoms with Crippen LogP contribution in [0.15, 0.2) is 50.1 Å². The number of fused-ring (bicyclic) bond motifs is 2. The second-order valence-electron chi connectivity index (χ2n) is 7.98. The minimum absolute atomic E-state index is 0.221. The van der Waals surface area contributed by atoms with Crippen molar-refractivity contribution < 1.29 is 8.83 Å². The van der Waals surface area contributed by atoms with Crippen molar-refractivity contribution in [3.8, 4) is 0 Å². The van der Waals surface area contributed by atoms with Gasteiger partial charge in [-0.15, -0.1) is 11.8 Å². The van der Waals surface area contributed by atoms with Gasteiger partial charge in [0.2, 0.25) is 0 Å². The summed E-state index contributed by atoms with van der Waals surface area (Å²) in [6.45, 7) is 10.7. The highest BCUT2D eigenvalue weighted by Crippen LogP contribution is 2.31. The van der Waals surface area contributed by atoms with Gasteiger partial charge in [0.05, 0.1) is 0 Å². The third-order valence-corrected chi connectivity index (χ3v) is 6.14. The van der Waals surface area contributed by atoms with Gasteiger partial charge < -0.3 is 8.83 Å². The van der Waals surface area contributed by atoms with Crippen LogP contribution in [0.3, 0.4) is 0 Å². The Morgan fingerprint density at radius 2 is 1.54 bits per heavy atom. The number of oxazole rings is 2. The summed E-state index contributed by atoms with van der Waals surface area (Å²) in [7, 11) is 0. The molecule has 5 heteroatoms. The molecule has 4 nitrogen and oxygen atoms in total. The molecule has 0 fully saturated rings. The molecule has 146 valence electrons. The Labute approximate surface area is 169 Å². The molecular formula is C23H26N2O2S. The largest absolute Gasteiger partial charge is 0.440 e. The molecule has 0 aliphatic heterocycles. The van der Waals surface area contributed by atoms with Crippen molar-refractivity contribution in [3.05, 3.63) is 53.7 Å². The SMILES string of the molecule is CC(C)c1ccc2nc(C(C)CSc3ccc4oc(C(C)C)nc4c3)oc2c1. The van der Waals surface area contributed by atoms with Crippen LogP contribution in [0.5, 0.6) is 0 Å². The lowest BCUT2D eigenvalue weighted by Crippen LogP contribution is -1.96. The molecule has 28 heavy (non-hydrogen) atoms. The minimum atomic E-state index is 0.221. The lowest BCUT2D eigenvalue weighted by molar-refractivity contribution is 0.501. The van der Waals surface area contributed by atoms with E-state index in [1.807, 2.05) is 6.07 Å². The quantitative estimate of drug-likeness (QED) is 0.326. The Morgan fingerprint density at radius 3 is 2.29 bits per heavy atom. The highest BCUT2D eigenvalue weighted by Gasteiger charge is 2.16. The summed E-state index contributed by atoms with van der Waals surface area (Å²) in [5.74, 6) is 3.47. The molecule has 0 amide bonds. The molecule has 0 saturated heterocycles. The van der Waals surface area contributed by atoms with Gasteiger partial charge in [0.1, 0.15) is 11.0 Å². The van der Waals surface area contributed by atoms with Gasteiger partial charge in [0.15, 0.2) is 22.9 Å². The fraction of sp³-hybridized carbons (Fsp3) is 0.391. The van der Waals surface area contributed by atoms with Gasteiger partial charge in [-0.1, -0.05) is 40.7 Å². The van der Waals surface area contributed by atoms with Crippen molar-refractivity contribution in [2.45, 2.75) is 57.3 Å². The molecule has 0 bridgehead atoms. The van der Waals surface area contributed by atoms with Crippen LogP contribution in [-0.2, 0) is 0 Å². The first-order valence-electron chi connectivity index (χ1n) is 9.84. The highest BCUT2D eigenvalue weighted by atomic mass is 32.2. The zero-order valence-corrected chi connectivity index (χ0v) is 17.8. The Morgan fingerprint density at radius 1 is 0.786 bits per heavy atom. The third kappa shape index (κ3) is 3.81. The van der Waals surface area contributed by atoms with E-state index in [2.05, 4.69) is 69.9 Å². The summed E-state index contributed by atoms with van der Waals surface area (Å²) in [5, 5.41) is 0. The zero-order chi connectivity index (χ0) is 19.8. The third-order valence-electron chi connectivity index (χ3n) is 4.89. The summed E-state index contributed by atoms with van der Waals surface area (Å²) in [4.78, 5) is 10.5. The molecule has 0 spiro atoms. The van der Waals surface area contributed by atoms with E-state index in [9.17, 15) is 0 Å². The molecule has 2 aromatic carbocycles. The molecule has 4 aromatic rings. The Balaban J connectivity index is 1.48. The first-order valence-corrected chi connectivity index (χ1v) is 10.8. The van der Waals surface area contributed by atoms with Crippen LogP contribution in [0.1, 0.15) is 69.7 Å². The van der Waals surface area contributed by atoms with Crippen molar-refractivity contribution in [2.24, 2.45) is 0 Å². The van der Waals surface area contributed by atoms with Crippen LogP contribution in [0.4, 0.5) is 0 Å². The summed E-state index contributed by atoms with van der Waals surface area (Å²) in [6, 6.07) is 12.5. The van der Waals surface area contributed by atoms with Crippen LogP contribution in [0.25, 0.3) is 22.2 Å². The van der Waals surface area contributed by atoms with E-state index in [1.54, 1.807) is 11.8 Å². The molecule has 2 aromatic heterocycles. The van der Waals surface area contributed by atoms with E-state index in [0.29, 0.717) is 11.8 Å². The predicted molar refractivity (Wildman–Crippen MR) is 115 cm³/mol. The van der Waals surface area contributed by atoms with Crippen LogP contribution >= 0.6 is 11.8 Å². The lowest BCUT2D eigenvalue weighted by atomic mass is 10.0. The molecule has 0 aliphatic carbocycles. The van der Waals surface area contributed by atoms with Crippen molar-refractivity contribution in [2.75, 3.05) is 5.75 Å². The maximum absolute atomic E-state index is 6.06. The van der Waals surface area contributed by atoms with Gasteiger partial charge in [0, 0.05) is 22.5 Å². The maximum Gasteiger partial charge on any atom is 0.199 e. The Hall–Kier alpha value is -2.27.